The van der Waals surface area contributed by atoms with E-state index in [1.54, 1.807) is 20.8 Å². The largest absolute Gasteiger partial charge is 0.467 e. The molecule has 3 aliphatic rings. The Kier molecular flexibility index (Phi) is 15.4. The van der Waals surface area contributed by atoms with Crippen molar-refractivity contribution in [2.45, 2.75) is 140 Å². The second-order valence-electron chi connectivity index (χ2n) is 14.0. The number of esters is 1. The van der Waals surface area contributed by atoms with Crippen molar-refractivity contribution in [3.63, 3.8) is 0 Å². The predicted octanol–water partition coefficient (Wildman–Crippen LogP) is -0.927. The number of carbonyl (C=O) groups excluding carboxylic acids is 7. The van der Waals surface area contributed by atoms with E-state index in [1.807, 2.05) is 0 Å². The van der Waals surface area contributed by atoms with Crippen molar-refractivity contribution in [3.8, 4) is 0 Å². The summed E-state index contributed by atoms with van der Waals surface area (Å²) in [6, 6.07) is -5.11. The minimum Gasteiger partial charge on any atom is -0.467 e. The Morgan fingerprint density at radius 2 is 0.941 bits per heavy atom. The molecule has 288 valence electrons. The summed E-state index contributed by atoms with van der Waals surface area (Å²) in [6.45, 7) is 10.4. The smallest absolute Gasteiger partial charge is 0.408 e. The van der Waals surface area contributed by atoms with Gasteiger partial charge in [0.1, 0.15) is 23.7 Å². The van der Waals surface area contributed by atoms with E-state index in [2.05, 4.69) is 31.9 Å². The van der Waals surface area contributed by atoms with Crippen LogP contribution in [0.15, 0.2) is 0 Å². The van der Waals surface area contributed by atoms with Crippen molar-refractivity contribution in [1.29, 1.82) is 0 Å². The van der Waals surface area contributed by atoms with Gasteiger partial charge in [-0.05, 0) is 80.1 Å². The molecule has 0 aromatic rings. The second kappa shape index (κ2) is 19.0. The third kappa shape index (κ3) is 12.6. The van der Waals surface area contributed by atoms with Gasteiger partial charge in [-0.2, -0.15) is 0 Å². The molecule has 3 aliphatic heterocycles. The van der Waals surface area contributed by atoms with E-state index in [9.17, 15) is 33.6 Å². The fourth-order valence-electron chi connectivity index (χ4n) is 5.85. The second-order valence-corrected chi connectivity index (χ2v) is 14.0. The standard InChI is InChI=1S/C33H54N6O12/c1-17(34-30(44)24-21(12-9-15-49-24)38-28(42)19(3)36-32(46)51-33(4,5)6)26(40)37-20-11-8-14-48-23(20)29(43)35-18(2)27(41)39-22-13-10-16-50-25(22)31(45)47-7/h17-25H,8-16H2,1-7H3,(H,34,44)(H,35,43)(H,36,46)(H,37,40)(H,38,42)(H,39,41)/t17-,18-,19-,20+,21+,22+,23+,24+,25+/m1/s1. The molecule has 0 aromatic carbocycles. The molecule has 0 unspecified atom stereocenters. The highest BCUT2D eigenvalue weighted by Crippen LogP contribution is 2.18. The Balaban J connectivity index is 1.53. The molecule has 3 rings (SSSR count). The average Bonchev–Trinajstić information content (AvgIpc) is 3.07. The van der Waals surface area contributed by atoms with Gasteiger partial charge in [-0.1, -0.05) is 0 Å². The van der Waals surface area contributed by atoms with Crippen LogP contribution in [-0.2, 0) is 52.5 Å². The first-order valence-corrected chi connectivity index (χ1v) is 17.4. The van der Waals surface area contributed by atoms with Gasteiger partial charge >= 0.3 is 12.1 Å². The van der Waals surface area contributed by atoms with Gasteiger partial charge < -0.3 is 55.6 Å². The maximum atomic E-state index is 13.3. The molecule has 0 saturated carbocycles. The molecule has 0 bridgehead atoms. The third-order valence-electron chi connectivity index (χ3n) is 8.53. The maximum Gasteiger partial charge on any atom is 0.408 e. The lowest BCUT2D eigenvalue weighted by atomic mass is 10.00. The molecule has 3 fully saturated rings. The summed E-state index contributed by atoms with van der Waals surface area (Å²) in [4.78, 5) is 89.7. The van der Waals surface area contributed by atoms with Crippen LogP contribution in [-0.4, -0.2) is 129 Å². The molecule has 6 amide bonds. The summed E-state index contributed by atoms with van der Waals surface area (Å²) in [7, 11) is 1.23. The van der Waals surface area contributed by atoms with E-state index < -0.39 is 102 Å². The quantitative estimate of drug-likeness (QED) is 0.134. The Bertz CT molecular complexity index is 1280. The van der Waals surface area contributed by atoms with Crippen LogP contribution in [0, 0.1) is 0 Å². The Morgan fingerprint density at radius 1 is 0.588 bits per heavy atom. The number of carbonyl (C=O) groups is 7. The van der Waals surface area contributed by atoms with Gasteiger partial charge in [0, 0.05) is 19.8 Å². The van der Waals surface area contributed by atoms with E-state index in [0.717, 1.165) is 0 Å². The molecule has 0 spiro atoms. The lowest BCUT2D eigenvalue weighted by Gasteiger charge is -2.34. The molecule has 3 heterocycles. The number of methoxy groups -OCH3 is 1. The highest BCUT2D eigenvalue weighted by atomic mass is 16.6. The molecule has 0 radical (unpaired) electrons. The number of hydrogen-bond donors (Lipinski definition) is 6. The summed E-state index contributed by atoms with van der Waals surface area (Å²) in [5, 5.41) is 16.0. The fourth-order valence-corrected chi connectivity index (χ4v) is 5.85. The highest BCUT2D eigenvalue weighted by molar-refractivity contribution is 5.92. The van der Waals surface area contributed by atoms with Gasteiger partial charge in [0.2, 0.25) is 17.7 Å². The van der Waals surface area contributed by atoms with Crippen LogP contribution in [0.4, 0.5) is 4.79 Å². The van der Waals surface area contributed by atoms with Crippen molar-refractivity contribution < 1.29 is 57.2 Å². The van der Waals surface area contributed by atoms with Crippen LogP contribution >= 0.6 is 0 Å². The third-order valence-corrected chi connectivity index (χ3v) is 8.53. The summed E-state index contributed by atoms with van der Waals surface area (Å²) < 4.78 is 26.8. The van der Waals surface area contributed by atoms with Gasteiger partial charge in [0.25, 0.3) is 11.8 Å². The first-order chi connectivity index (χ1) is 24.0. The Morgan fingerprint density at radius 3 is 1.31 bits per heavy atom. The van der Waals surface area contributed by atoms with Gasteiger partial charge in [0.05, 0.1) is 25.2 Å². The number of amides is 6. The van der Waals surface area contributed by atoms with Crippen LogP contribution < -0.4 is 31.9 Å². The van der Waals surface area contributed by atoms with Crippen molar-refractivity contribution in [2.75, 3.05) is 26.9 Å². The highest BCUT2D eigenvalue weighted by Gasteiger charge is 2.39. The van der Waals surface area contributed by atoms with Gasteiger partial charge in [-0.3, -0.25) is 24.0 Å². The SMILES string of the molecule is COC(=O)[C@H]1OCCC[C@@H]1NC(=O)[C@@H](C)NC(=O)[C@H]1OCCC[C@@H]1NC(=O)[C@@H](C)NC(=O)[C@H]1OCCC[C@@H]1NC(=O)[C@@H](C)NC(=O)OC(C)(C)C. The lowest BCUT2D eigenvalue weighted by molar-refractivity contribution is -0.160. The normalized spacial score (nSPS) is 26.9. The summed E-state index contributed by atoms with van der Waals surface area (Å²) in [5.74, 6) is -3.50. The molecule has 0 aliphatic carbocycles. The number of alkyl carbamates (subject to hydrolysis) is 1. The van der Waals surface area contributed by atoms with Crippen molar-refractivity contribution >= 4 is 41.6 Å². The zero-order valence-corrected chi connectivity index (χ0v) is 30.5. The van der Waals surface area contributed by atoms with E-state index >= 15 is 0 Å². The summed E-state index contributed by atoms with van der Waals surface area (Å²) >= 11 is 0. The molecular weight excluding hydrogens is 672 g/mol. The van der Waals surface area contributed by atoms with Crippen molar-refractivity contribution in [3.05, 3.63) is 0 Å². The van der Waals surface area contributed by atoms with Gasteiger partial charge in [-0.25, -0.2) is 9.59 Å². The summed E-state index contributed by atoms with van der Waals surface area (Å²) in [6.07, 6.45) is -0.833. The molecular formula is C33H54N6O12. The molecule has 18 heteroatoms. The van der Waals surface area contributed by atoms with Crippen LogP contribution in [0.1, 0.15) is 80.1 Å². The van der Waals surface area contributed by atoms with E-state index in [4.69, 9.17) is 23.7 Å². The number of nitrogens with one attached hydrogen (secondary N) is 6. The number of hydrogen-bond acceptors (Lipinski definition) is 12. The maximum absolute atomic E-state index is 13.3. The van der Waals surface area contributed by atoms with Crippen LogP contribution in [0.25, 0.3) is 0 Å². The molecule has 9 atom stereocenters. The predicted molar refractivity (Wildman–Crippen MR) is 179 cm³/mol. The Labute approximate surface area is 297 Å². The molecule has 18 nitrogen and oxygen atoms in total. The van der Waals surface area contributed by atoms with Crippen LogP contribution in [0.3, 0.4) is 0 Å². The molecule has 51 heavy (non-hydrogen) atoms. The van der Waals surface area contributed by atoms with E-state index in [-0.39, 0.29) is 13.2 Å². The topological polar surface area (TPSA) is 238 Å². The minimum absolute atomic E-state index is 0.260. The fraction of sp³-hybridized carbons (Fsp3) is 0.788. The zero-order valence-electron chi connectivity index (χ0n) is 30.5. The number of rotatable bonds is 12. The first kappa shape index (κ1) is 41.4. The van der Waals surface area contributed by atoms with E-state index in [1.165, 1.54) is 27.9 Å². The molecule has 0 aromatic heterocycles. The van der Waals surface area contributed by atoms with Gasteiger partial charge in [-0.15, -0.1) is 0 Å². The lowest BCUT2D eigenvalue weighted by Crippen LogP contribution is -2.61. The minimum atomic E-state index is -1.11. The Hall–Kier alpha value is -4.03. The summed E-state index contributed by atoms with van der Waals surface area (Å²) in [5.41, 5.74) is -0.748. The van der Waals surface area contributed by atoms with E-state index in [0.29, 0.717) is 45.1 Å². The van der Waals surface area contributed by atoms with Gasteiger partial charge in [0.15, 0.2) is 18.3 Å². The van der Waals surface area contributed by atoms with Crippen molar-refractivity contribution in [2.24, 2.45) is 0 Å². The monoisotopic (exact) mass is 726 g/mol. The van der Waals surface area contributed by atoms with Crippen molar-refractivity contribution in [1.82, 2.24) is 31.9 Å². The average molecular weight is 727 g/mol. The van der Waals surface area contributed by atoms with Crippen LogP contribution in [0.5, 0.6) is 0 Å². The number of ether oxygens (including phenoxy) is 5. The molecule has 3 saturated heterocycles. The molecule has 6 N–H and O–H groups in total. The van der Waals surface area contributed by atoms with Crippen LogP contribution in [0.2, 0.25) is 0 Å². The zero-order chi connectivity index (χ0) is 37.9. The first-order valence-electron chi connectivity index (χ1n) is 17.4.